The molecule has 72 valence electrons. The van der Waals surface area contributed by atoms with Crippen LogP contribution in [0.2, 0.25) is 5.02 Å². The van der Waals surface area contributed by atoms with Gasteiger partial charge in [-0.25, -0.2) is 0 Å². The highest BCUT2D eigenvalue weighted by molar-refractivity contribution is 7.80. The van der Waals surface area contributed by atoms with Gasteiger partial charge in [0.1, 0.15) is 6.07 Å². The van der Waals surface area contributed by atoms with Crippen molar-refractivity contribution in [1.29, 1.82) is 5.26 Å². The first-order chi connectivity index (χ1) is 6.54. The maximum Gasteiger partial charge on any atom is 0.307 e. The summed E-state index contributed by atoms with van der Waals surface area (Å²) in [6.45, 7) is 0. The van der Waals surface area contributed by atoms with E-state index < -0.39 is 5.97 Å². The monoisotopic (exact) mass is 227 g/mol. The van der Waals surface area contributed by atoms with Crippen LogP contribution in [0.4, 0.5) is 0 Å². The maximum atomic E-state index is 10.5. The molecule has 0 atom stereocenters. The third kappa shape index (κ3) is 2.41. The lowest BCUT2D eigenvalue weighted by atomic mass is 10.1. The standard InChI is InChI=1S/C9H6ClNO2S/c10-7-1-5(3-8(12)13)9(14)6(2-7)4-11/h1-2,14H,3H2,(H,12,13). The van der Waals surface area contributed by atoms with Crippen molar-refractivity contribution in [1.82, 2.24) is 0 Å². The van der Waals surface area contributed by atoms with Crippen molar-refractivity contribution in [2.45, 2.75) is 11.3 Å². The summed E-state index contributed by atoms with van der Waals surface area (Å²) >= 11 is 9.78. The van der Waals surface area contributed by atoms with Crippen LogP contribution >= 0.6 is 24.2 Å². The lowest BCUT2D eigenvalue weighted by Gasteiger charge is -2.04. The number of carbonyl (C=O) groups is 1. The molecule has 0 spiro atoms. The summed E-state index contributed by atoms with van der Waals surface area (Å²) in [6, 6.07) is 4.85. The first kappa shape index (κ1) is 10.9. The number of benzene rings is 1. The van der Waals surface area contributed by atoms with Crippen LogP contribution in [-0.4, -0.2) is 11.1 Å². The van der Waals surface area contributed by atoms with Gasteiger partial charge in [-0.05, 0) is 17.7 Å². The molecule has 0 aliphatic carbocycles. The van der Waals surface area contributed by atoms with Crippen LogP contribution < -0.4 is 0 Å². The van der Waals surface area contributed by atoms with E-state index in [0.717, 1.165) is 0 Å². The lowest BCUT2D eigenvalue weighted by molar-refractivity contribution is -0.136. The maximum absolute atomic E-state index is 10.5. The molecule has 5 heteroatoms. The first-order valence-electron chi connectivity index (χ1n) is 3.68. The van der Waals surface area contributed by atoms with Crippen molar-refractivity contribution in [3.05, 3.63) is 28.3 Å². The topological polar surface area (TPSA) is 61.1 Å². The number of thiol groups is 1. The molecule has 3 nitrogen and oxygen atoms in total. The molecule has 0 fully saturated rings. The van der Waals surface area contributed by atoms with Gasteiger partial charge in [-0.15, -0.1) is 12.6 Å². The zero-order valence-electron chi connectivity index (χ0n) is 6.99. The van der Waals surface area contributed by atoms with Gasteiger partial charge in [0.05, 0.1) is 12.0 Å². The van der Waals surface area contributed by atoms with E-state index in [2.05, 4.69) is 12.6 Å². The lowest BCUT2D eigenvalue weighted by Crippen LogP contribution is -2.02. The van der Waals surface area contributed by atoms with Gasteiger partial charge < -0.3 is 5.11 Å². The molecule has 0 unspecified atom stereocenters. The van der Waals surface area contributed by atoms with E-state index in [-0.39, 0.29) is 12.0 Å². The van der Waals surface area contributed by atoms with Gasteiger partial charge in [0, 0.05) is 9.92 Å². The van der Waals surface area contributed by atoms with Gasteiger partial charge >= 0.3 is 5.97 Å². The Morgan fingerprint density at radius 3 is 2.79 bits per heavy atom. The third-order valence-electron chi connectivity index (χ3n) is 1.62. The molecule has 0 bridgehead atoms. The summed E-state index contributed by atoms with van der Waals surface area (Å²) in [5.41, 5.74) is 0.738. The van der Waals surface area contributed by atoms with Gasteiger partial charge in [-0.1, -0.05) is 11.6 Å². The molecule has 0 amide bonds. The normalized spacial score (nSPS) is 9.50. The molecule has 1 rings (SSSR count). The van der Waals surface area contributed by atoms with Crippen molar-refractivity contribution in [3.63, 3.8) is 0 Å². The number of carboxylic acid groups (broad SMARTS) is 1. The minimum absolute atomic E-state index is 0.186. The van der Waals surface area contributed by atoms with Crippen LogP contribution in [0, 0.1) is 11.3 Å². The second kappa shape index (κ2) is 4.36. The molecular weight excluding hydrogens is 222 g/mol. The van der Waals surface area contributed by atoms with E-state index in [9.17, 15) is 4.79 Å². The summed E-state index contributed by atoms with van der Waals surface area (Å²) in [7, 11) is 0. The van der Waals surface area contributed by atoms with Crippen LogP contribution in [0.1, 0.15) is 11.1 Å². The number of aliphatic carboxylic acids is 1. The Labute approximate surface area is 91.3 Å². The zero-order chi connectivity index (χ0) is 10.7. The molecule has 0 aliphatic heterocycles. The second-order valence-electron chi connectivity index (χ2n) is 2.64. The Hall–Kier alpha value is -1.18. The van der Waals surface area contributed by atoms with E-state index in [0.29, 0.717) is 15.5 Å². The Morgan fingerprint density at radius 1 is 1.64 bits per heavy atom. The Bertz CT molecular complexity index is 426. The third-order valence-corrected chi connectivity index (χ3v) is 2.36. The highest BCUT2D eigenvalue weighted by Crippen LogP contribution is 2.24. The first-order valence-corrected chi connectivity index (χ1v) is 4.50. The van der Waals surface area contributed by atoms with Crippen LogP contribution in [0.15, 0.2) is 17.0 Å². The molecule has 1 aromatic rings. The number of nitrogens with zero attached hydrogens (tertiary/aromatic N) is 1. The Balaban J connectivity index is 3.23. The van der Waals surface area contributed by atoms with Crippen molar-refractivity contribution < 1.29 is 9.90 Å². The fourth-order valence-electron chi connectivity index (χ4n) is 1.04. The molecule has 1 aromatic carbocycles. The van der Waals surface area contributed by atoms with Crippen LogP contribution in [0.25, 0.3) is 0 Å². The van der Waals surface area contributed by atoms with Gasteiger partial charge in [-0.3, -0.25) is 4.79 Å². The summed E-state index contributed by atoms with van der Waals surface area (Å²) in [4.78, 5) is 10.8. The van der Waals surface area contributed by atoms with Gasteiger partial charge in [-0.2, -0.15) is 5.26 Å². The quantitative estimate of drug-likeness (QED) is 0.761. The summed E-state index contributed by atoms with van der Waals surface area (Å²) in [5, 5.41) is 17.6. The molecule has 0 saturated carbocycles. The molecule has 14 heavy (non-hydrogen) atoms. The van der Waals surface area contributed by atoms with E-state index in [1.54, 1.807) is 0 Å². The van der Waals surface area contributed by atoms with Crippen molar-refractivity contribution in [2.24, 2.45) is 0 Å². The number of hydrogen-bond acceptors (Lipinski definition) is 3. The Kier molecular flexibility index (Phi) is 3.39. The summed E-state index contributed by atoms with van der Waals surface area (Å²) in [6.07, 6.45) is -0.186. The minimum Gasteiger partial charge on any atom is -0.481 e. The largest absolute Gasteiger partial charge is 0.481 e. The average molecular weight is 228 g/mol. The van der Waals surface area contributed by atoms with Crippen LogP contribution in [0.5, 0.6) is 0 Å². The molecule has 0 aliphatic rings. The molecule has 0 heterocycles. The van der Waals surface area contributed by atoms with E-state index >= 15 is 0 Å². The van der Waals surface area contributed by atoms with Crippen molar-refractivity contribution in [3.8, 4) is 6.07 Å². The number of rotatable bonds is 2. The smallest absolute Gasteiger partial charge is 0.307 e. The molecule has 0 radical (unpaired) electrons. The molecule has 0 aromatic heterocycles. The van der Waals surface area contributed by atoms with Crippen LogP contribution in [-0.2, 0) is 11.2 Å². The van der Waals surface area contributed by atoms with E-state index in [1.165, 1.54) is 12.1 Å². The fraction of sp³-hybridized carbons (Fsp3) is 0.111. The molecular formula is C9H6ClNO2S. The van der Waals surface area contributed by atoms with Gasteiger partial charge in [0.25, 0.3) is 0 Å². The number of nitriles is 1. The Morgan fingerprint density at radius 2 is 2.29 bits per heavy atom. The molecule has 0 saturated heterocycles. The number of carboxylic acids is 1. The number of hydrogen-bond donors (Lipinski definition) is 2. The highest BCUT2D eigenvalue weighted by Gasteiger charge is 2.09. The fourth-order valence-corrected chi connectivity index (χ4v) is 1.54. The second-order valence-corrected chi connectivity index (χ2v) is 3.53. The number of halogens is 1. The highest BCUT2D eigenvalue weighted by atomic mass is 35.5. The minimum atomic E-state index is -0.980. The summed E-state index contributed by atoms with van der Waals surface area (Å²) < 4.78 is 0. The summed E-state index contributed by atoms with van der Waals surface area (Å²) in [5.74, 6) is -0.980. The van der Waals surface area contributed by atoms with E-state index in [4.69, 9.17) is 22.0 Å². The molecule has 1 N–H and O–H groups in total. The SMILES string of the molecule is N#Cc1cc(Cl)cc(CC(=O)O)c1S. The van der Waals surface area contributed by atoms with Crippen molar-refractivity contribution in [2.75, 3.05) is 0 Å². The van der Waals surface area contributed by atoms with Gasteiger partial charge in [0.15, 0.2) is 0 Å². The predicted octanol–water partition coefficient (Wildman–Crippen LogP) is 2.13. The van der Waals surface area contributed by atoms with E-state index in [1.807, 2.05) is 6.07 Å². The van der Waals surface area contributed by atoms with Crippen LogP contribution in [0.3, 0.4) is 0 Å². The average Bonchev–Trinajstić information content (AvgIpc) is 2.09. The van der Waals surface area contributed by atoms with Crippen molar-refractivity contribution >= 4 is 30.2 Å². The zero-order valence-corrected chi connectivity index (χ0v) is 8.64. The van der Waals surface area contributed by atoms with Gasteiger partial charge in [0.2, 0.25) is 0 Å². The predicted molar refractivity (Wildman–Crippen MR) is 54.8 cm³/mol.